The van der Waals surface area contributed by atoms with Gasteiger partial charge in [0.25, 0.3) is 0 Å². The number of hydrogen-bond acceptors (Lipinski definition) is 5. The van der Waals surface area contributed by atoms with Gasteiger partial charge < -0.3 is 9.64 Å². The topological polar surface area (TPSA) is 57.7 Å². The number of likely N-dealkylation sites (tertiary alicyclic amines) is 1. The number of nitrogens with one attached hydrogen (secondary N) is 1. The summed E-state index contributed by atoms with van der Waals surface area (Å²) in [6.45, 7) is 5.16. The van der Waals surface area contributed by atoms with Crippen molar-refractivity contribution in [2.45, 2.75) is 51.1 Å². The first-order valence-corrected chi connectivity index (χ1v) is 9.02. The Morgan fingerprint density at radius 2 is 2.04 bits per heavy atom. The molecule has 2 aliphatic heterocycles. The standard InChI is InChI=1S/C17H22ClF3N4O2/c1-16(2,3)27-15(26)23-13-5-14(22-6-12(13)18)25-8-10-4-11(25)7-24(10)9-17(19,20)21/h5-6,10-11H,4,7-9H2,1-3H3,(H,22,23,26)/t10-,11-/m1/s1. The molecule has 3 rings (SSSR count). The van der Waals surface area contributed by atoms with Gasteiger partial charge in [-0.15, -0.1) is 0 Å². The van der Waals surface area contributed by atoms with Crippen molar-refractivity contribution in [1.82, 2.24) is 9.88 Å². The van der Waals surface area contributed by atoms with Crippen LogP contribution in [0.2, 0.25) is 5.02 Å². The Bertz CT molecular complexity index is 723. The van der Waals surface area contributed by atoms with Crippen molar-refractivity contribution in [3.05, 3.63) is 17.3 Å². The summed E-state index contributed by atoms with van der Waals surface area (Å²) in [6.07, 6.45) is -2.75. The molecule has 2 bridgehead atoms. The Labute approximate surface area is 160 Å². The molecule has 27 heavy (non-hydrogen) atoms. The van der Waals surface area contributed by atoms with Crippen LogP contribution in [-0.4, -0.2) is 59.5 Å². The summed E-state index contributed by atoms with van der Waals surface area (Å²) >= 11 is 6.11. The Balaban J connectivity index is 1.68. The van der Waals surface area contributed by atoms with E-state index >= 15 is 0 Å². The number of hydrogen-bond donors (Lipinski definition) is 1. The number of ether oxygens (including phenoxy) is 1. The summed E-state index contributed by atoms with van der Waals surface area (Å²) in [6, 6.07) is 1.43. The average molecular weight is 407 g/mol. The number of pyridine rings is 1. The first-order chi connectivity index (χ1) is 12.4. The molecule has 2 aliphatic rings. The summed E-state index contributed by atoms with van der Waals surface area (Å²) in [5, 5.41) is 2.85. The number of aromatic nitrogens is 1. The van der Waals surface area contributed by atoms with Gasteiger partial charge in [0.05, 0.1) is 23.5 Å². The molecule has 2 atom stereocenters. The van der Waals surface area contributed by atoms with Crippen molar-refractivity contribution in [2.24, 2.45) is 0 Å². The molecule has 2 saturated heterocycles. The van der Waals surface area contributed by atoms with E-state index in [1.54, 1.807) is 26.8 Å². The van der Waals surface area contributed by atoms with Crippen LogP contribution in [0.5, 0.6) is 0 Å². The fourth-order valence-electron chi connectivity index (χ4n) is 3.55. The molecule has 1 aromatic heterocycles. The fraction of sp³-hybridized carbons (Fsp3) is 0.647. The van der Waals surface area contributed by atoms with Crippen molar-refractivity contribution in [1.29, 1.82) is 0 Å². The second-order valence-corrected chi connectivity index (χ2v) is 8.30. The largest absolute Gasteiger partial charge is 0.444 e. The summed E-state index contributed by atoms with van der Waals surface area (Å²) < 4.78 is 43.2. The van der Waals surface area contributed by atoms with Crippen molar-refractivity contribution >= 4 is 29.2 Å². The third kappa shape index (κ3) is 4.95. The second kappa shape index (κ2) is 7.01. The number of nitrogens with zero attached hydrogens (tertiary/aromatic N) is 3. The number of carbonyl (C=O) groups is 1. The molecule has 3 heterocycles. The van der Waals surface area contributed by atoms with Gasteiger partial charge >= 0.3 is 12.3 Å². The minimum Gasteiger partial charge on any atom is -0.444 e. The monoisotopic (exact) mass is 406 g/mol. The van der Waals surface area contributed by atoms with Crippen LogP contribution >= 0.6 is 11.6 Å². The Morgan fingerprint density at radius 1 is 1.33 bits per heavy atom. The van der Waals surface area contributed by atoms with Crippen LogP contribution < -0.4 is 10.2 Å². The van der Waals surface area contributed by atoms with Gasteiger partial charge in [-0.3, -0.25) is 10.2 Å². The number of amides is 1. The Kier molecular flexibility index (Phi) is 5.20. The van der Waals surface area contributed by atoms with Gasteiger partial charge in [-0.2, -0.15) is 13.2 Å². The van der Waals surface area contributed by atoms with E-state index in [1.807, 2.05) is 4.90 Å². The highest BCUT2D eigenvalue weighted by Crippen LogP contribution is 2.37. The van der Waals surface area contributed by atoms with E-state index in [9.17, 15) is 18.0 Å². The molecular weight excluding hydrogens is 385 g/mol. The molecule has 6 nitrogen and oxygen atoms in total. The first-order valence-electron chi connectivity index (χ1n) is 8.64. The quantitative estimate of drug-likeness (QED) is 0.824. The minimum atomic E-state index is -4.20. The van der Waals surface area contributed by atoms with Crippen molar-refractivity contribution in [3.63, 3.8) is 0 Å². The predicted octanol–water partition coefficient (Wildman–Crippen LogP) is 3.91. The van der Waals surface area contributed by atoms with Crippen molar-refractivity contribution < 1.29 is 22.7 Å². The molecule has 0 unspecified atom stereocenters. The maximum Gasteiger partial charge on any atom is 0.412 e. The van der Waals surface area contributed by atoms with Crippen LogP contribution in [0.1, 0.15) is 27.2 Å². The van der Waals surface area contributed by atoms with Crippen LogP contribution in [0.3, 0.4) is 0 Å². The lowest BCUT2D eigenvalue weighted by molar-refractivity contribution is -0.148. The predicted molar refractivity (Wildman–Crippen MR) is 96.3 cm³/mol. The maximum atomic E-state index is 12.7. The van der Waals surface area contributed by atoms with Gasteiger partial charge in [-0.1, -0.05) is 11.6 Å². The van der Waals surface area contributed by atoms with Crippen molar-refractivity contribution in [2.75, 3.05) is 29.9 Å². The molecule has 10 heteroatoms. The van der Waals surface area contributed by atoms with E-state index in [1.165, 1.54) is 11.1 Å². The van der Waals surface area contributed by atoms with Gasteiger partial charge in [-0.25, -0.2) is 9.78 Å². The van der Waals surface area contributed by atoms with Gasteiger partial charge in [0, 0.05) is 31.2 Å². The molecule has 0 spiro atoms. The zero-order valence-electron chi connectivity index (χ0n) is 15.3. The van der Waals surface area contributed by atoms with E-state index < -0.39 is 24.4 Å². The molecule has 0 saturated carbocycles. The van der Waals surface area contributed by atoms with Gasteiger partial charge in [-0.05, 0) is 27.2 Å². The lowest BCUT2D eigenvalue weighted by atomic mass is 10.2. The van der Waals surface area contributed by atoms with E-state index in [4.69, 9.17) is 16.3 Å². The smallest absolute Gasteiger partial charge is 0.412 e. The van der Waals surface area contributed by atoms with E-state index in [-0.39, 0.29) is 17.1 Å². The molecule has 1 aromatic rings. The molecule has 2 fully saturated rings. The fourth-order valence-corrected chi connectivity index (χ4v) is 3.70. The number of alkyl halides is 3. The number of halogens is 4. The summed E-state index contributed by atoms with van der Waals surface area (Å²) in [4.78, 5) is 19.7. The molecule has 0 radical (unpaired) electrons. The lowest BCUT2D eigenvalue weighted by Crippen LogP contribution is -2.49. The number of anilines is 2. The highest BCUT2D eigenvalue weighted by atomic mass is 35.5. The van der Waals surface area contributed by atoms with E-state index in [0.29, 0.717) is 31.0 Å². The van der Waals surface area contributed by atoms with E-state index in [2.05, 4.69) is 10.3 Å². The van der Waals surface area contributed by atoms with Gasteiger partial charge in [0.15, 0.2) is 0 Å². The Hall–Kier alpha value is -1.74. The summed E-state index contributed by atoms with van der Waals surface area (Å²) in [5.74, 6) is 0.574. The second-order valence-electron chi connectivity index (χ2n) is 7.89. The number of rotatable bonds is 3. The Morgan fingerprint density at radius 3 is 2.59 bits per heavy atom. The van der Waals surface area contributed by atoms with Crippen LogP contribution in [0, 0.1) is 0 Å². The molecule has 0 aliphatic carbocycles. The van der Waals surface area contributed by atoms with Gasteiger partial charge in [0.1, 0.15) is 11.4 Å². The average Bonchev–Trinajstić information content (AvgIpc) is 3.05. The zero-order valence-corrected chi connectivity index (χ0v) is 16.1. The number of piperazine rings is 1. The van der Waals surface area contributed by atoms with Crippen LogP contribution in [-0.2, 0) is 4.74 Å². The molecule has 1 N–H and O–H groups in total. The molecular formula is C17H22ClF3N4O2. The first kappa shape index (κ1) is 20.0. The summed E-state index contributed by atoms with van der Waals surface area (Å²) in [5.41, 5.74) is -0.298. The van der Waals surface area contributed by atoms with Crippen molar-refractivity contribution in [3.8, 4) is 0 Å². The highest BCUT2D eigenvalue weighted by Gasteiger charge is 2.47. The third-order valence-electron chi connectivity index (χ3n) is 4.51. The third-order valence-corrected chi connectivity index (χ3v) is 4.81. The minimum absolute atomic E-state index is 0.0413. The highest BCUT2D eigenvalue weighted by molar-refractivity contribution is 6.33. The molecule has 0 aromatic carbocycles. The summed E-state index contributed by atoms with van der Waals surface area (Å²) in [7, 11) is 0. The normalized spacial score (nSPS) is 23.0. The zero-order chi connectivity index (χ0) is 20.0. The number of fused-ring (bicyclic) bond motifs is 2. The lowest BCUT2D eigenvalue weighted by Gasteiger charge is -2.35. The van der Waals surface area contributed by atoms with E-state index in [0.717, 1.165) is 0 Å². The number of carbonyl (C=O) groups excluding carboxylic acids is 1. The van der Waals surface area contributed by atoms with Crippen LogP contribution in [0.15, 0.2) is 12.3 Å². The van der Waals surface area contributed by atoms with Gasteiger partial charge in [0.2, 0.25) is 0 Å². The SMILES string of the molecule is CC(C)(C)OC(=O)Nc1cc(N2C[C@H]3C[C@@H]2CN3CC(F)(F)F)ncc1Cl. The van der Waals surface area contributed by atoms with Crippen LogP contribution in [0.25, 0.3) is 0 Å². The molecule has 150 valence electrons. The molecule has 1 amide bonds. The van der Waals surface area contributed by atoms with Crippen LogP contribution in [0.4, 0.5) is 29.5 Å². The maximum absolute atomic E-state index is 12.7.